The van der Waals surface area contributed by atoms with Crippen molar-refractivity contribution in [2.45, 2.75) is 44.6 Å². The highest BCUT2D eigenvalue weighted by Gasteiger charge is 2.43. The van der Waals surface area contributed by atoms with Gasteiger partial charge in [-0.15, -0.1) is 0 Å². The molecular weight excluding hydrogens is 301 g/mol. The Morgan fingerprint density at radius 2 is 2.18 bits per heavy atom. The fourth-order valence-electron chi connectivity index (χ4n) is 2.57. The van der Waals surface area contributed by atoms with Gasteiger partial charge in [0.05, 0.1) is 12.6 Å². The molecule has 0 aliphatic carbocycles. The molecule has 1 amide bonds. The first-order valence-corrected chi connectivity index (χ1v) is 6.80. The molecule has 1 fully saturated rings. The summed E-state index contributed by atoms with van der Waals surface area (Å²) in [5.41, 5.74) is -1.59. The number of pyridine rings is 1. The summed E-state index contributed by atoms with van der Waals surface area (Å²) < 4.78 is 43.3. The molecule has 8 heteroatoms. The van der Waals surface area contributed by atoms with E-state index < -0.39 is 29.7 Å². The third-order valence-electron chi connectivity index (χ3n) is 3.61. The number of aromatic nitrogens is 1. The van der Waals surface area contributed by atoms with Gasteiger partial charge in [-0.2, -0.15) is 13.2 Å². The normalized spacial score (nSPS) is 21.1. The SMILES string of the molecule is CC1(C)OC[C@H](CCc2cccc(C(F)(F)F)n2)N1C(=O)O. The summed E-state index contributed by atoms with van der Waals surface area (Å²) in [6.07, 6.45) is -4.99. The molecule has 0 bridgehead atoms. The highest BCUT2D eigenvalue weighted by molar-refractivity contribution is 5.66. The number of carboxylic acid groups (broad SMARTS) is 1. The number of nitrogens with zero attached hydrogens (tertiary/aromatic N) is 2. The summed E-state index contributed by atoms with van der Waals surface area (Å²) in [5, 5.41) is 9.25. The summed E-state index contributed by atoms with van der Waals surface area (Å²) in [6.45, 7) is 3.51. The maximum absolute atomic E-state index is 12.6. The van der Waals surface area contributed by atoms with Crippen LogP contribution in [-0.4, -0.2) is 39.5 Å². The largest absolute Gasteiger partial charge is 0.465 e. The number of ether oxygens (including phenoxy) is 1. The Bertz CT molecular complexity index is 561. The number of amides is 1. The first kappa shape index (κ1) is 16.5. The summed E-state index contributed by atoms with van der Waals surface area (Å²) in [5.74, 6) is 0. The van der Waals surface area contributed by atoms with E-state index in [-0.39, 0.29) is 18.7 Å². The fraction of sp³-hybridized carbons (Fsp3) is 0.571. The lowest BCUT2D eigenvalue weighted by molar-refractivity contribution is -0.141. The third-order valence-corrected chi connectivity index (χ3v) is 3.61. The molecule has 1 aromatic rings. The molecule has 1 saturated heterocycles. The van der Waals surface area contributed by atoms with E-state index in [9.17, 15) is 23.1 Å². The Kier molecular flexibility index (Phi) is 4.32. The van der Waals surface area contributed by atoms with Crippen LogP contribution in [-0.2, 0) is 17.3 Å². The number of carbonyl (C=O) groups is 1. The summed E-state index contributed by atoms with van der Waals surface area (Å²) in [6, 6.07) is 3.31. The van der Waals surface area contributed by atoms with E-state index in [0.29, 0.717) is 6.42 Å². The second kappa shape index (κ2) is 5.75. The van der Waals surface area contributed by atoms with Gasteiger partial charge < -0.3 is 9.84 Å². The van der Waals surface area contributed by atoms with Crippen LogP contribution >= 0.6 is 0 Å². The molecule has 2 rings (SSSR count). The molecule has 1 N–H and O–H groups in total. The van der Waals surface area contributed by atoms with Gasteiger partial charge in [-0.1, -0.05) is 6.07 Å². The van der Waals surface area contributed by atoms with E-state index >= 15 is 0 Å². The van der Waals surface area contributed by atoms with Crippen molar-refractivity contribution in [3.05, 3.63) is 29.6 Å². The lowest BCUT2D eigenvalue weighted by Gasteiger charge is -2.30. The van der Waals surface area contributed by atoms with Crippen LogP contribution in [0.5, 0.6) is 0 Å². The lowest BCUT2D eigenvalue weighted by atomic mass is 10.1. The first-order valence-electron chi connectivity index (χ1n) is 6.80. The van der Waals surface area contributed by atoms with Crippen LogP contribution in [0, 0.1) is 0 Å². The maximum atomic E-state index is 12.6. The topological polar surface area (TPSA) is 62.7 Å². The summed E-state index contributed by atoms with van der Waals surface area (Å²) in [4.78, 5) is 16.1. The van der Waals surface area contributed by atoms with E-state index in [4.69, 9.17) is 4.74 Å². The quantitative estimate of drug-likeness (QED) is 0.930. The first-order chi connectivity index (χ1) is 10.1. The van der Waals surface area contributed by atoms with Crippen molar-refractivity contribution in [1.82, 2.24) is 9.88 Å². The van der Waals surface area contributed by atoms with E-state index in [1.165, 1.54) is 17.0 Å². The van der Waals surface area contributed by atoms with Crippen molar-refractivity contribution in [2.75, 3.05) is 6.61 Å². The van der Waals surface area contributed by atoms with Crippen LogP contribution in [0.3, 0.4) is 0 Å². The van der Waals surface area contributed by atoms with E-state index in [2.05, 4.69) is 4.98 Å². The average Bonchev–Trinajstić information content (AvgIpc) is 2.71. The van der Waals surface area contributed by atoms with Crippen molar-refractivity contribution < 1.29 is 27.8 Å². The molecule has 0 saturated carbocycles. The molecule has 1 atom stereocenters. The van der Waals surface area contributed by atoms with Gasteiger partial charge in [0.1, 0.15) is 11.4 Å². The van der Waals surface area contributed by atoms with Crippen molar-refractivity contribution in [2.24, 2.45) is 0 Å². The zero-order valence-electron chi connectivity index (χ0n) is 12.2. The predicted molar refractivity (Wildman–Crippen MR) is 71.2 cm³/mol. The molecule has 1 aliphatic heterocycles. The second-order valence-electron chi connectivity index (χ2n) is 5.61. The van der Waals surface area contributed by atoms with Gasteiger partial charge in [0.15, 0.2) is 0 Å². The molecule has 1 aliphatic rings. The van der Waals surface area contributed by atoms with Crippen molar-refractivity contribution in [1.29, 1.82) is 0 Å². The van der Waals surface area contributed by atoms with Gasteiger partial charge in [-0.3, -0.25) is 4.90 Å². The Morgan fingerprint density at radius 3 is 2.77 bits per heavy atom. The molecule has 0 spiro atoms. The van der Waals surface area contributed by atoms with Gasteiger partial charge in [0.2, 0.25) is 0 Å². The Morgan fingerprint density at radius 1 is 1.50 bits per heavy atom. The van der Waals surface area contributed by atoms with Gasteiger partial charge >= 0.3 is 12.3 Å². The fourth-order valence-corrected chi connectivity index (χ4v) is 2.57. The average molecular weight is 318 g/mol. The number of aryl methyl sites for hydroxylation is 1. The number of halogens is 3. The predicted octanol–water partition coefficient (Wildman–Crippen LogP) is 3.15. The van der Waals surface area contributed by atoms with Gasteiger partial charge in [-0.05, 0) is 38.8 Å². The minimum atomic E-state index is -4.48. The second-order valence-corrected chi connectivity index (χ2v) is 5.61. The van der Waals surface area contributed by atoms with Crippen molar-refractivity contribution in [3.63, 3.8) is 0 Å². The molecular formula is C14H17F3N2O3. The Labute approximate surface area is 125 Å². The number of hydrogen-bond acceptors (Lipinski definition) is 3. The van der Waals surface area contributed by atoms with E-state index in [1.807, 2.05) is 0 Å². The van der Waals surface area contributed by atoms with E-state index in [0.717, 1.165) is 6.07 Å². The molecule has 0 aromatic carbocycles. The van der Waals surface area contributed by atoms with Crippen LogP contribution in [0.25, 0.3) is 0 Å². The molecule has 5 nitrogen and oxygen atoms in total. The zero-order chi connectivity index (χ0) is 16.5. The van der Waals surface area contributed by atoms with Gasteiger partial charge in [-0.25, -0.2) is 9.78 Å². The van der Waals surface area contributed by atoms with Crippen LogP contribution in [0.4, 0.5) is 18.0 Å². The van der Waals surface area contributed by atoms with Crippen LogP contribution < -0.4 is 0 Å². The highest BCUT2D eigenvalue weighted by Crippen LogP contribution is 2.30. The lowest BCUT2D eigenvalue weighted by Crippen LogP contribution is -2.47. The number of hydrogen-bond donors (Lipinski definition) is 1. The monoisotopic (exact) mass is 318 g/mol. The Hall–Kier alpha value is -1.83. The van der Waals surface area contributed by atoms with Crippen LogP contribution in [0.2, 0.25) is 0 Å². The standard InChI is InChI=1S/C14H17F3N2O3/c1-13(2)19(12(20)21)10(8-22-13)7-6-9-4-3-5-11(18-9)14(15,16)17/h3-5,10H,6-8H2,1-2H3,(H,20,21)/t10-/m0/s1. The third kappa shape index (κ3) is 3.49. The van der Waals surface area contributed by atoms with Crippen molar-refractivity contribution in [3.8, 4) is 0 Å². The molecule has 122 valence electrons. The molecule has 22 heavy (non-hydrogen) atoms. The minimum absolute atomic E-state index is 0.220. The Balaban J connectivity index is 2.06. The smallest absolute Gasteiger partial charge is 0.433 e. The van der Waals surface area contributed by atoms with Gasteiger partial charge in [0, 0.05) is 5.69 Å². The van der Waals surface area contributed by atoms with Crippen molar-refractivity contribution >= 4 is 6.09 Å². The molecule has 0 unspecified atom stereocenters. The molecule has 0 radical (unpaired) electrons. The van der Waals surface area contributed by atoms with Gasteiger partial charge in [0.25, 0.3) is 0 Å². The number of alkyl halides is 3. The number of rotatable bonds is 3. The molecule has 1 aromatic heterocycles. The van der Waals surface area contributed by atoms with Crippen LogP contribution in [0.15, 0.2) is 18.2 Å². The zero-order valence-corrected chi connectivity index (χ0v) is 12.2. The summed E-state index contributed by atoms with van der Waals surface area (Å²) >= 11 is 0. The highest BCUT2D eigenvalue weighted by atomic mass is 19.4. The van der Waals surface area contributed by atoms with E-state index in [1.54, 1.807) is 13.8 Å². The molecule has 2 heterocycles. The maximum Gasteiger partial charge on any atom is 0.433 e. The summed E-state index contributed by atoms with van der Waals surface area (Å²) in [7, 11) is 0. The van der Waals surface area contributed by atoms with Crippen LogP contribution in [0.1, 0.15) is 31.7 Å². The minimum Gasteiger partial charge on any atom is -0.465 e.